The Hall–Kier alpha value is -2.96. The van der Waals surface area contributed by atoms with Crippen LogP contribution in [0.15, 0.2) is 53.7 Å². The second-order valence-electron chi connectivity index (χ2n) is 13.8. The van der Waals surface area contributed by atoms with E-state index >= 15 is 0 Å². The van der Waals surface area contributed by atoms with Crippen LogP contribution >= 0.6 is 23.2 Å². The summed E-state index contributed by atoms with van der Waals surface area (Å²) >= 11 is 14.3. The van der Waals surface area contributed by atoms with Crippen molar-refractivity contribution in [3.8, 4) is 6.07 Å². The summed E-state index contributed by atoms with van der Waals surface area (Å²) in [6.07, 6.45) is 11.9. The van der Waals surface area contributed by atoms with Crippen LogP contribution in [0.4, 0.5) is 11.4 Å². The first-order chi connectivity index (χ1) is 21.7. The molecule has 3 aromatic rings. The molecule has 3 heterocycles. The van der Waals surface area contributed by atoms with E-state index in [2.05, 4.69) is 76.0 Å². The molecule has 0 radical (unpaired) electrons. The van der Waals surface area contributed by atoms with Gasteiger partial charge in [0.25, 0.3) is 0 Å². The minimum absolute atomic E-state index is 0.168. The first-order valence-corrected chi connectivity index (χ1v) is 17.1. The molecule has 238 valence electrons. The van der Waals surface area contributed by atoms with Crippen molar-refractivity contribution in [2.75, 3.05) is 25.0 Å². The Bertz CT molecular complexity index is 1530. The number of nitrogens with zero attached hydrogens (tertiary/aromatic N) is 6. The van der Waals surface area contributed by atoms with E-state index in [1.807, 2.05) is 35.0 Å². The number of aliphatic imine (C=N–C) groups is 1. The molecule has 6 rings (SSSR count). The Morgan fingerprint density at radius 3 is 2.49 bits per heavy atom. The molecule has 3 aliphatic rings. The number of likely N-dealkylation sites (tertiary alicyclic amines) is 1. The Morgan fingerprint density at radius 2 is 1.80 bits per heavy atom. The SMILES string of the molecule is CC(C)(C)N1CCC(n2cc(C(Nc3cc(Cl)c4c(c3)C(Cl)(NCC3CCCCC3)[C@H](C#N)C=N4)c3ccccc3)nn2)CC1. The second-order valence-corrected chi connectivity index (χ2v) is 14.8. The predicted molar refractivity (Wildman–Crippen MR) is 182 cm³/mol. The molecule has 2 aliphatic heterocycles. The highest BCUT2D eigenvalue weighted by molar-refractivity contribution is 6.34. The molecule has 2 aromatic carbocycles. The number of benzene rings is 2. The third kappa shape index (κ3) is 6.92. The van der Waals surface area contributed by atoms with Crippen LogP contribution in [0.25, 0.3) is 0 Å². The minimum atomic E-state index is -1.14. The highest BCUT2D eigenvalue weighted by Crippen LogP contribution is 2.47. The maximum atomic E-state index is 10.1. The Kier molecular flexibility index (Phi) is 9.54. The molecule has 45 heavy (non-hydrogen) atoms. The van der Waals surface area contributed by atoms with Gasteiger partial charge in [0.1, 0.15) is 16.6 Å². The summed E-state index contributed by atoms with van der Waals surface area (Å²) in [6, 6.07) is 16.5. The molecule has 3 atom stereocenters. The van der Waals surface area contributed by atoms with Crippen molar-refractivity contribution in [1.29, 1.82) is 5.26 Å². The zero-order chi connectivity index (χ0) is 31.6. The van der Waals surface area contributed by atoms with E-state index in [0.29, 0.717) is 28.2 Å². The summed E-state index contributed by atoms with van der Waals surface area (Å²) in [5.74, 6) is -0.102. The smallest absolute Gasteiger partial charge is 0.142 e. The molecule has 0 spiro atoms. The molecule has 0 bridgehead atoms. The maximum absolute atomic E-state index is 10.1. The molecular weight excluding hydrogens is 603 g/mol. The van der Waals surface area contributed by atoms with E-state index in [1.54, 1.807) is 6.21 Å². The number of hydrogen-bond acceptors (Lipinski definition) is 7. The molecule has 2 fully saturated rings. The Morgan fingerprint density at radius 1 is 1.07 bits per heavy atom. The molecule has 0 amide bonds. The van der Waals surface area contributed by atoms with Crippen LogP contribution in [0, 0.1) is 23.2 Å². The monoisotopic (exact) mass is 646 g/mol. The van der Waals surface area contributed by atoms with Gasteiger partial charge in [-0.05, 0) is 76.6 Å². The van der Waals surface area contributed by atoms with E-state index in [-0.39, 0.29) is 11.6 Å². The number of nitriles is 1. The lowest BCUT2D eigenvalue weighted by Gasteiger charge is -2.40. The molecule has 1 saturated carbocycles. The summed E-state index contributed by atoms with van der Waals surface area (Å²) in [6.45, 7) is 9.65. The summed E-state index contributed by atoms with van der Waals surface area (Å²) in [5.41, 5.74) is 4.14. The van der Waals surface area contributed by atoms with Crippen LogP contribution < -0.4 is 10.6 Å². The second kappa shape index (κ2) is 13.4. The zero-order valence-corrected chi connectivity index (χ0v) is 28.0. The molecule has 10 heteroatoms. The number of halogens is 2. The summed E-state index contributed by atoms with van der Waals surface area (Å²) in [5, 5.41) is 27.1. The predicted octanol–water partition coefficient (Wildman–Crippen LogP) is 7.99. The van der Waals surface area contributed by atoms with Crippen LogP contribution in [0.1, 0.15) is 94.6 Å². The van der Waals surface area contributed by atoms with Crippen molar-refractivity contribution in [3.05, 3.63) is 70.5 Å². The van der Waals surface area contributed by atoms with Gasteiger partial charge in [0, 0.05) is 36.1 Å². The topological polar surface area (TPSA) is 94.2 Å². The lowest BCUT2D eigenvalue weighted by atomic mass is 9.86. The van der Waals surface area contributed by atoms with Crippen LogP contribution in [-0.4, -0.2) is 51.3 Å². The number of aromatic nitrogens is 3. The number of fused-ring (bicyclic) bond motifs is 1. The third-order valence-electron chi connectivity index (χ3n) is 9.80. The zero-order valence-electron chi connectivity index (χ0n) is 26.5. The van der Waals surface area contributed by atoms with Crippen molar-refractivity contribution >= 4 is 40.8 Å². The van der Waals surface area contributed by atoms with Gasteiger partial charge in [0.2, 0.25) is 0 Å². The van der Waals surface area contributed by atoms with Gasteiger partial charge < -0.3 is 5.32 Å². The van der Waals surface area contributed by atoms with Gasteiger partial charge in [-0.3, -0.25) is 15.2 Å². The number of anilines is 1. The number of piperidine rings is 1. The Balaban J connectivity index is 1.28. The fourth-order valence-corrected chi connectivity index (χ4v) is 7.66. The van der Waals surface area contributed by atoms with Crippen LogP contribution in [0.2, 0.25) is 5.02 Å². The molecule has 2 N–H and O–H groups in total. The minimum Gasteiger partial charge on any atom is -0.373 e. The normalized spacial score (nSPS) is 23.8. The standard InChI is InChI=1S/C35H44Cl2N8/c1-34(2,3)44-16-14-28(15-17-44)45-23-31(42-43-45)32(25-12-8-5-9-13-25)41-27-18-29-33(30(36)19-27)39-22-26(20-38)35(29,37)40-21-24-10-6-4-7-11-24/h5,8-9,12-13,18-19,22-24,26,28,32,40-41H,4,6-7,10-11,14-17,21H2,1-3H3/t26-,32?,35?/m1/s1. The quantitative estimate of drug-likeness (QED) is 0.190. The van der Waals surface area contributed by atoms with Crippen molar-refractivity contribution in [1.82, 2.24) is 25.2 Å². The molecular formula is C35H44Cl2N8. The lowest BCUT2D eigenvalue weighted by molar-refractivity contribution is 0.0866. The maximum Gasteiger partial charge on any atom is 0.142 e. The first kappa shape index (κ1) is 32.0. The third-order valence-corrected chi connectivity index (χ3v) is 10.7. The van der Waals surface area contributed by atoms with Crippen molar-refractivity contribution in [3.63, 3.8) is 0 Å². The van der Waals surface area contributed by atoms with Gasteiger partial charge in [-0.1, -0.05) is 78.0 Å². The summed E-state index contributed by atoms with van der Waals surface area (Å²) in [4.78, 5) is 5.98. The average Bonchev–Trinajstić information content (AvgIpc) is 3.54. The van der Waals surface area contributed by atoms with Crippen molar-refractivity contribution < 1.29 is 0 Å². The molecule has 1 aromatic heterocycles. The van der Waals surface area contributed by atoms with Crippen LogP contribution in [-0.2, 0) is 5.00 Å². The molecule has 2 unspecified atom stereocenters. The molecule has 1 aliphatic carbocycles. The van der Waals surface area contributed by atoms with Crippen molar-refractivity contribution in [2.45, 2.75) is 88.3 Å². The van der Waals surface area contributed by atoms with Crippen LogP contribution in [0.3, 0.4) is 0 Å². The summed E-state index contributed by atoms with van der Waals surface area (Å²) < 4.78 is 2.04. The largest absolute Gasteiger partial charge is 0.373 e. The number of alkyl halides is 1. The van der Waals surface area contributed by atoms with Crippen LogP contribution in [0.5, 0.6) is 0 Å². The van der Waals surface area contributed by atoms with Crippen molar-refractivity contribution in [2.24, 2.45) is 16.8 Å². The Labute approximate surface area is 277 Å². The molecule has 1 saturated heterocycles. The van der Waals surface area contributed by atoms with Gasteiger partial charge >= 0.3 is 0 Å². The van der Waals surface area contributed by atoms with E-state index < -0.39 is 10.9 Å². The summed E-state index contributed by atoms with van der Waals surface area (Å²) in [7, 11) is 0. The van der Waals surface area contributed by atoms with Gasteiger partial charge in [-0.2, -0.15) is 5.26 Å². The van der Waals surface area contributed by atoms with Gasteiger partial charge in [0.05, 0.1) is 35.1 Å². The van der Waals surface area contributed by atoms with Gasteiger partial charge in [-0.25, -0.2) is 4.68 Å². The van der Waals surface area contributed by atoms with Gasteiger partial charge in [0.15, 0.2) is 0 Å². The van der Waals surface area contributed by atoms with E-state index in [1.165, 1.54) is 32.1 Å². The highest BCUT2D eigenvalue weighted by Gasteiger charge is 2.43. The number of rotatable bonds is 8. The fraction of sp³-hybridized carbons (Fsp3) is 0.543. The fourth-order valence-electron chi connectivity index (χ4n) is 7.06. The molecule has 8 nitrogen and oxygen atoms in total. The van der Waals surface area contributed by atoms with Gasteiger partial charge in [-0.15, -0.1) is 5.10 Å². The number of hydrogen-bond donors (Lipinski definition) is 2. The average molecular weight is 648 g/mol. The van der Waals surface area contributed by atoms with E-state index in [0.717, 1.165) is 49.4 Å². The van der Waals surface area contributed by atoms with E-state index in [4.69, 9.17) is 23.2 Å². The highest BCUT2D eigenvalue weighted by atomic mass is 35.5. The first-order valence-electron chi connectivity index (χ1n) is 16.4. The van der Waals surface area contributed by atoms with E-state index in [9.17, 15) is 5.26 Å². The number of nitrogens with one attached hydrogen (secondary N) is 2. The lowest BCUT2D eigenvalue weighted by Crippen LogP contribution is -2.47.